The Morgan fingerprint density at radius 2 is 1.54 bits per heavy atom. The summed E-state index contributed by atoms with van der Waals surface area (Å²) in [5, 5.41) is 0. The molecule has 8 nitrogen and oxygen atoms in total. The minimum absolute atomic E-state index is 0.150. The second kappa shape index (κ2) is 7.50. The number of rotatable bonds is 7. The first-order valence-corrected chi connectivity index (χ1v) is 11.0. The minimum atomic E-state index is -4.81. The van der Waals surface area contributed by atoms with Crippen molar-refractivity contribution in [1.29, 1.82) is 0 Å². The first kappa shape index (κ1) is 22.5. The van der Waals surface area contributed by atoms with Crippen molar-refractivity contribution in [2.24, 2.45) is 0 Å². The van der Waals surface area contributed by atoms with E-state index in [1.54, 1.807) is 27.7 Å². The Labute approximate surface area is 163 Å². The maximum atomic E-state index is 15.4. The van der Waals surface area contributed by atoms with Crippen LogP contribution in [0.25, 0.3) is 0 Å². The number of hydrogen-bond donors (Lipinski definition) is 0. The van der Waals surface area contributed by atoms with Gasteiger partial charge in [-0.3, -0.25) is 4.57 Å². The van der Waals surface area contributed by atoms with E-state index in [0.29, 0.717) is 0 Å². The van der Waals surface area contributed by atoms with E-state index in [2.05, 4.69) is 0 Å². The van der Waals surface area contributed by atoms with E-state index < -0.39 is 55.4 Å². The van der Waals surface area contributed by atoms with E-state index in [-0.39, 0.29) is 19.8 Å². The lowest BCUT2D eigenvalue weighted by atomic mass is 10.0. The second-order valence-corrected chi connectivity index (χ2v) is 9.98. The molecule has 0 amide bonds. The number of ether oxygens (including phenoxy) is 5. The molecule has 3 fully saturated rings. The van der Waals surface area contributed by atoms with Gasteiger partial charge in [-0.05, 0) is 41.5 Å². The lowest BCUT2D eigenvalue weighted by Crippen LogP contribution is -2.44. The highest BCUT2D eigenvalue weighted by Crippen LogP contribution is 2.66. The highest BCUT2D eigenvalue weighted by molar-refractivity contribution is 7.55. The van der Waals surface area contributed by atoms with Crippen molar-refractivity contribution in [2.75, 3.05) is 19.8 Å². The molecule has 0 radical (unpaired) electrons. The summed E-state index contributed by atoms with van der Waals surface area (Å²) < 4.78 is 82.0. The van der Waals surface area contributed by atoms with Crippen LogP contribution in [-0.4, -0.2) is 67.6 Å². The van der Waals surface area contributed by atoms with Gasteiger partial charge in [0.25, 0.3) is 0 Å². The Morgan fingerprint density at radius 1 is 0.964 bits per heavy atom. The van der Waals surface area contributed by atoms with Crippen molar-refractivity contribution >= 4 is 7.60 Å². The van der Waals surface area contributed by atoms with Gasteiger partial charge in [-0.1, -0.05) is 0 Å². The van der Waals surface area contributed by atoms with Gasteiger partial charge in [0, 0.05) is 0 Å². The molecule has 0 saturated carbocycles. The zero-order valence-electron chi connectivity index (χ0n) is 17.0. The SMILES string of the molecule is CCOP(=O)(OCC)C(F)(F)[C@@H]1O[C@@H]([C@H]2COC(C)(C)O2)[C@H]2OC(C)(C)O[C@H]21. The van der Waals surface area contributed by atoms with Crippen LogP contribution in [0.15, 0.2) is 0 Å². The molecule has 164 valence electrons. The van der Waals surface area contributed by atoms with Crippen LogP contribution in [0.4, 0.5) is 8.78 Å². The Hall–Kier alpha value is -0.190. The summed E-state index contributed by atoms with van der Waals surface area (Å²) in [5.41, 5.74) is -3.95. The van der Waals surface area contributed by atoms with Crippen LogP contribution in [0.1, 0.15) is 41.5 Å². The molecule has 3 aliphatic heterocycles. The molecule has 11 heteroatoms. The Morgan fingerprint density at radius 3 is 2.04 bits per heavy atom. The highest BCUT2D eigenvalue weighted by Gasteiger charge is 2.71. The monoisotopic (exact) mass is 430 g/mol. The Bertz CT molecular complexity index is 618. The fraction of sp³-hybridized carbons (Fsp3) is 1.00. The van der Waals surface area contributed by atoms with E-state index >= 15 is 8.78 Å². The van der Waals surface area contributed by atoms with E-state index in [1.807, 2.05) is 0 Å². The molecule has 3 heterocycles. The maximum Gasteiger partial charge on any atom is 0.402 e. The fourth-order valence-corrected chi connectivity index (χ4v) is 5.41. The lowest BCUT2D eigenvalue weighted by molar-refractivity contribution is -0.225. The summed E-state index contributed by atoms with van der Waals surface area (Å²) in [7, 11) is -4.81. The Kier molecular flexibility index (Phi) is 6.02. The molecule has 0 N–H and O–H groups in total. The lowest BCUT2D eigenvalue weighted by Gasteiger charge is -2.33. The molecule has 0 aliphatic carbocycles. The third kappa shape index (κ3) is 3.90. The van der Waals surface area contributed by atoms with Crippen molar-refractivity contribution in [3.05, 3.63) is 0 Å². The molecule has 0 aromatic heterocycles. The molecule has 5 atom stereocenters. The zero-order valence-corrected chi connectivity index (χ0v) is 17.9. The van der Waals surface area contributed by atoms with Crippen molar-refractivity contribution in [3.63, 3.8) is 0 Å². The molecule has 3 rings (SSSR count). The number of hydrogen-bond acceptors (Lipinski definition) is 8. The molecule has 0 bridgehead atoms. The number of alkyl halides is 2. The number of fused-ring (bicyclic) bond motifs is 1. The summed E-state index contributed by atoms with van der Waals surface area (Å²) in [6.45, 7) is 9.37. The smallest absolute Gasteiger partial charge is 0.359 e. The van der Waals surface area contributed by atoms with Crippen LogP contribution in [-0.2, 0) is 37.3 Å². The quantitative estimate of drug-likeness (QED) is 0.570. The third-order valence-corrected chi connectivity index (χ3v) is 6.97. The van der Waals surface area contributed by atoms with E-state index in [0.717, 1.165) is 0 Å². The predicted octanol–water partition coefficient (Wildman–Crippen LogP) is 3.28. The van der Waals surface area contributed by atoms with Gasteiger partial charge >= 0.3 is 13.3 Å². The van der Waals surface area contributed by atoms with Crippen molar-refractivity contribution in [3.8, 4) is 0 Å². The van der Waals surface area contributed by atoms with E-state index in [9.17, 15) is 4.57 Å². The molecule has 28 heavy (non-hydrogen) atoms. The zero-order chi connectivity index (χ0) is 21.0. The molecule has 0 aromatic rings. The molecule has 0 spiro atoms. The molecular formula is C17H29F2O8P. The van der Waals surface area contributed by atoms with E-state index in [4.69, 9.17) is 32.7 Å². The van der Waals surface area contributed by atoms with Crippen LogP contribution in [0.3, 0.4) is 0 Å². The van der Waals surface area contributed by atoms with Crippen LogP contribution in [0.5, 0.6) is 0 Å². The summed E-state index contributed by atoms with van der Waals surface area (Å²) in [6.07, 6.45) is -5.43. The van der Waals surface area contributed by atoms with Gasteiger partial charge in [0.15, 0.2) is 17.7 Å². The first-order valence-electron chi connectivity index (χ1n) is 9.45. The Balaban J connectivity index is 1.91. The van der Waals surface area contributed by atoms with Crippen LogP contribution in [0.2, 0.25) is 0 Å². The minimum Gasteiger partial charge on any atom is -0.359 e. The van der Waals surface area contributed by atoms with Gasteiger partial charge < -0.3 is 32.7 Å². The fourth-order valence-electron chi connectivity index (χ4n) is 3.79. The molecule has 3 saturated heterocycles. The molecule has 0 unspecified atom stereocenters. The van der Waals surface area contributed by atoms with Gasteiger partial charge in [0.2, 0.25) is 0 Å². The average Bonchev–Trinajstić information content (AvgIpc) is 3.17. The summed E-state index contributed by atoms with van der Waals surface area (Å²) in [5.74, 6) is -1.98. The van der Waals surface area contributed by atoms with Crippen molar-refractivity contribution in [2.45, 2.75) is 89.3 Å². The molecular weight excluding hydrogens is 401 g/mol. The highest BCUT2D eigenvalue weighted by atomic mass is 31.2. The summed E-state index contributed by atoms with van der Waals surface area (Å²) in [6, 6.07) is 0. The standard InChI is InChI=1S/C17H29F2O8P/c1-7-22-28(20,23-8-2)17(18,19)14-13-12(26-16(5,6)27-13)11(24-14)10-9-21-15(3,4)25-10/h10-14H,7-9H2,1-6H3/t10-,11+,12-,13-,14-/m1/s1. The topological polar surface area (TPSA) is 81.7 Å². The van der Waals surface area contributed by atoms with Crippen molar-refractivity contribution in [1.82, 2.24) is 0 Å². The molecule has 0 aromatic carbocycles. The van der Waals surface area contributed by atoms with Crippen LogP contribution < -0.4 is 0 Å². The second-order valence-electron chi connectivity index (χ2n) is 7.87. The van der Waals surface area contributed by atoms with Crippen molar-refractivity contribution < 1.29 is 46.1 Å². The average molecular weight is 430 g/mol. The first-order chi connectivity index (χ1) is 12.9. The number of halogens is 2. The maximum absolute atomic E-state index is 15.4. The predicted molar refractivity (Wildman–Crippen MR) is 93.2 cm³/mol. The van der Waals surface area contributed by atoms with Gasteiger partial charge in [-0.25, -0.2) is 0 Å². The largest absolute Gasteiger partial charge is 0.402 e. The third-order valence-electron chi connectivity index (χ3n) is 4.79. The van der Waals surface area contributed by atoms with Gasteiger partial charge in [-0.2, -0.15) is 8.78 Å². The summed E-state index contributed by atoms with van der Waals surface area (Å²) >= 11 is 0. The van der Waals surface area contributed by atoms with Crippen LogP contribution >= 0.6 is 7.60 Å². The normalized spacial score (nSPS) is 37.4. The van der Waals surface area contributed by atoms with Gasteiger partial charge in [-0.15, -0.1) is 0 Å². The van der Waals surface area contributed by atoms with Crippen LogP contribution in [0, 0.1) is 0 Å². The van der Waals surface area contributed by atoms with E-state index in [1.165, 1.54) is 13.8 Å². The van der Waals surface area contributed by atoms with Gasteiger partial charge in [0.1, 0.15) is 24.4 Å². The summed E-state index contributed by atoms with van der Waals surface area (Å²) in [4.78, 5) is 0. The van der Waals surface area contributed by atoms with Gasteiger partial charge in [0.05, 0.1) is 19.8 Å². The molecule has 3 aliphatic rings.